The number of carbonyl (C=O) groups excluding carboxylic acids is 4. The molecular formula is C24H39N3O7. The first-order chi connectivity index (χ1) is 15.7. The van der Waals surface area contributed by atoms with Gasteiger partial charge < -0.3 is 19.1 Å². The number of amides is 2. The highest BCUT2D eigenvalue weighted by Gasteiger charge is 2.38. The Kier molecular flexibility index (Phi) is 10.8. The number of hydrogen-bond donors (Lipinski definition) is 0. The van der Waals surface area contributed by atoms with Gasteiger partial charge >= 0.3 is 18.2 Å². The second kappa shape index (κ2) is 12.6. The van der Waals surface area contributed by atoms with E-state index < -0.39 is 35.5 Å². The van der Waals surface area contributed by atoms with Crippen molar-refractivity contribution in [1.29, 1.82) is 0 Å². The highest BCUT2D eigenvalue weighted by Crippen LogP contribution is 2.22. The van der Waals surface area contributed by atoms with Gasteiger partial charge in [0.25, 0.3) is 6.54 Å². The average Bonchev–Trinajstić information content (AvgIpc) is 3.36. The van der Waals surface area contributed by atoms with Gasteiger partial charge in [-0.25, -0.2) is 21.0 Å². The molecule has 2 aliphatic heterocycles. The minimum atomic E-state index is -0.562. The van der Waals surface area contributed by atoms with Crippen LogP contribution in [0.2, 0.25) is 0 Å². The smallest absolute Gasteiger partial charge is 0.411 e. The zero-order valence-electron chi connectivity index (χ0n) is 21.5. The van der Waals surface area contributed by atoms with E-state index in [1.165, 1.54) is 9.80 Å². The standard InChI is InChI=1S/C12H18N2O3.C12H21NO4/c1-12(2,3)17-11(16)14-7-5-6-9(14)10(15)8-13-4;1-5-16-10(14)9-7-6-8-13(9)11(15)17-12(2,3)4/h9H,5-8H2,1-3H3;9H,5-8H2,1-4H3. The summed E-state index contributed by atoms with van der Waals surface area (Å²) in [7, 11) is 0. The Labute approximate surface area is 202 Å². The van der Waals surface area contributed by atoms with E-state index in [2.05, 4.69) is 4.85 Å². The number of likely N-dealkylation sites (tertiary alicyclic amines) is 2. The van der Waals surface area contributed by atoms with Gasteiger partial charge in [-0.15, -0.1) is 0 Å². The molecule has 34 heavy (non-hydrogen) atoms. The number of hydrogen-bond acceptors (Lipinski definition) is 7. The Morgan fingerprint density at radius 2 is 1.29 bits per heavy atom. The average molecular weight is 482 g/mol. The second-order valence-corrected chi connectivity index (χ2v) is 10.2. The molecule has 2 fully saturated rings. The quantitative estimate of drug-likeness (QED) is 0.341. The highest BCUT2D eigenvalue weighted by atomic mass is 16.6. The molecule has 0 aromatic carbocycles. The lowest BCUT2D eigenvalue weighted by molar-refractivity contribution is -0.148. The molecule has 0 spiro atoms. The van der Waals surface area contributed by atoms with Crippen molar-refractivity contribution < 1.29 is 33.4 Å². The van der Waals surface area contributed by atoms with Gasteiger partial charge in [0.2, 0.25) is 5.78 Å². The van der Waals surface area contributed by atoms with E-state index in [0.29, 0.717) is 32.5 Å². The Morgan fingerprint density at radius 3 is 1.71 bits per heavy atom. The third kappa shape index (κ3) is 9.57. The normalized spacial score (nSPS) is 20.1. The molecule has 10 heteroatoms. The fourth-order valence-corrected chi connectivity index (χ4v) is 3.61. The van der Waals surface area contributed by atoms with Gasteiger partial charge in [0.05, 0.1) is 6.61 Å². The van der Waals surface area contributed by atoms with Gasteiger partial charge in [-0.3, -0.25) is 14.6 Å². The number of esters is 1. The van der Waals surface area contributed by atoms with Crippen molar-refractivity contribution in [2.45, 2.75) is 97.4 Å². The van der Waals surface area contributed by atoms with Crippen LogP contribution in [0.15, 0.2) is 0 Å². The summed E-state index contributed by atoms with van der Waals surface area (Å²) in [5.41, 5.74) is -1.11. The minimum Gasteiger partial charge on any atom is -0.464 e. The summed E-state index contributed by atoms with van der Waals surface area (Å²) in [6.07, 6.45) is 1.98. The fraction of sp³-hybridized carbons (Fsp3) is 0.792. The summed E-state index contributed by atoms with van der Waals surface area (Å²) in [5, 5.41) is 0. The van der Waals surface area contributed by atoms with Crippen molar-refractivity contribution in [3.8, 4) is 0 Å². The van der Waals surface area contributed by atoms with E-state index in [1.54, 1.807) is 48.5 Å². The summed E-state index contributed by atoms with van der Waals surface area (Å²) in [6.45, 7) is 20.5. The number of ketones is 1. The second-order valence-electron chi connectivity index (χ2n) is 10.2. The summed E-state index contributed by atoms with van der Waals surface area (Å²) >= 11 is 0. The molecule has 2 saturated heterocycles. The Hall–Kier alpha value is -2.83. The molecule has 2 amide bonds. The maximum absolute atomic E-state index is 11.9. The molecule has 0 aromatic heterocycles. The molecule has 2 heterocycles. The molecule has 2 atom stereocenters. The third-order valence-corrected chi connectivity index (χ3v) is 4.93. The van der Waals surface area contributed by atoms with E-state index in [4.69, 9.17) is 20.8 Å². The lowest BCUT2D eigenvalue weighted by Crippen LogP contribution is -2.44. The van der Waals surface area contributed by atoms with Crippen molar-refractivity contribution in [3.05, 3.63) is 11.4 Å². The molecule has 0 saturated carbocycles. The number of carbonyl (C=O) groups is 4. The SMILES string of the molecule is CCOC(=O)C1CCCN1C(=O)OC(C)(C)C.[C-]#[N+]CC(=O)C1CCCN1C(=O)OC(C)(C)C. The minimum absolute atomic E-state index is 0.163. The van der Waals surface area contributed by atoms with Crippen LogP contribution in [0.5, 0.6) is 0 Å². The van der Waals surface area contributed by atoms with Gasteiger partial charge in [0, 0.05) is 13.1 Å². The van der Waals surface area contributed by atoms with Crippen LogP contribution >= 0.6 is 0 Å². The maximum atomic E-state index is 11.9. The molecule has 0 bridgehead atoms. The van der Waals surface area contributed by atoms with Crippen LogP contribution in [0, 0.1) is 6.57 Å². The lowest BCUT2D eigenvalue weighted by atomic mass is 10.1. The van der Waals surface area contributed by atoms with Crippen molar-refractivity contribution >= 4 is 23.9 Å². The van der Waals surface area contributed by atoms with E-state index in [0.717, 1.165) is 12.8 Å². The molecule has 2 unspecified atom stereocenters. The van der Waals surface area contributed by atoms with E-state index in [9.17, 15) is 19.2 Å². The van der Waals surface area contributed by atoms with Gasteiger partial charge in [0.15, 0.2) is 0 Å². The molecule has 192 valence electrons. The molecule has 2 rings (SSSR count). The molecule has 10 nitrogen and oxygen atoms in total. The van der Waals surface area contributed by atoms with Crippen LogP contribution in [0.25, 0.3) is 4.85 Å². The Balaban J connectivity index is 0.000000340. The van der Waals surface area contributed by atoms with Crippen LogP contribution in [0.1, 0.15) is 74.1 Å². The van der Waals surface area contributed by atoms with E-state index in [1.807, 2.05) is 0 Å². The third-order valence-electron chi connectivity index (χ3n) is 4.93. The summed E-state index contributed by atoms with van der Waals surface area (Å²) in [6, 6.07) is -0.955. The predicted molar refractivity (Wildman–Crippen MR) is 125 cm³/mol. The predicted octanol–water partition coefficient (Wildman–Crippen LogP) is 3.82. The van der Waals surface area contributed by atoms with Gasteiger partial charge in [0.1, 0.15) is 23.3 Å². The number of Topliss-reactive ketones (excluding diaryl/α,β-unsaturated/α-hetero) is 1. The first kappa shape index (κ1) is 29.2. The molecular weight excluding hydrogens is 442 g/mol. The van der Waals surface area contributed by atoms with Crippen molar-refractivity contribution in [1.82, 2.24) is 9.80 Å². The van der Waals surface area contributed by atoms with Gasteiger partial charge in [-0.1, -0.05) is 0 Å². The van der Waals surface area contributed by atoms with Crippen molar-refractivity contribution in [2.24, 2.45) is 0 Å². The Morgan fingerprint density at radius 1 is 0.853 bits per heavy atom. The first-order valence-corrected chi connectivity index (χ1v) is 11.7. The fourth-order valence-electron chi connectivity index (χ4n) is 3.61. The van der Waals surface area contributed by atoms with Crippen LogP contribution in [0.4, 0.5) is 9.59 Å². The number of rotatable bonds is 4. The van der Waals surface area contributed by atoms with E-state index >= 15 is 0 Å². The zero-order chi connectivity index (χ0) is 26.1. The summed E-state index contributed by atoms with van der Waals surface area (Å²) < 4.78 is 15.4. The van der Waals surface area contributed by atoms with E-state index in [-0.39, 0.29) is 18.3 Å². The van der Waals surface area contributed by atoms with Crippen LogP contribution in [-0.4, -0.2) is 83.3 Å². The van der Waals surface area contributed by atoms with Gasteiger partial charge in [-0.05, 0) is 74.1 Å². The molecule has 2 aliphatic rings. The highest BCUT2D eigenvalue weighted by molar-refractivity contribution is 5.90. The molecule has 0 aromatic rings. The van der Waals surface area contributed by atoms with Crippen molar-refractivity contribution in [3.63, 3.8) is 0 Å². The number of ether oxygens (including phenoxy) is 3. The molecule has 0 N–H and O–H groups in total. The largest absolute Gasteiger partial charge is 0.464 e. The topological polar surface area (TPSA) is 107 Å². The van der Waals surface area contributed by atoms with Gasteiger partial charge in [-0.2, -0.15) is 0 Å². The maximum Gasteiger partial charge on any atom is 0.411 e. The Bertz CT molecular complexity index is 777. The van der Waals surface area contributed by atoms with Crippen molar-refractivity contribution in [2.75, 3.05) is 26.2 Å². The molecule has 0 radical (unpaired) electrons. The lowest BCUT2D eigenvalue weighted by Gasteiger charge is -2.27. The number of nitrogens with zero attached hydrogens (tertiary/aromatic N) is 3. The van der Waals surface area contributed by atoms with Crippen LogP contribution in [-0.2, 0) is 23.8 Å². The zero-order valence-corrected chi connectivity index (χ0v) is 21.5. The summed E-state index contributed by atoms with van der Waals surface area (Å²) in [4.78, 5) is 53.0. The molecule has 0 aliphatic carbocycles. The summed E-state index contributed by atoms with van der Waals surface area (Å²) in [5.74, 6) is -0.529. The van der Waals surface area contributed by atoms with Crippen LogP contribution < -0.4 is 0 Å². The van der Waals surface area contributed by atoms with Crippen LogP contribution in [0.3, 0.4) is 0 Å². The first-order valence-electron chi connectivity index (χ1n) is 11.7. The monoisotopic (exact) mass is 481 g/mol.